The number of ketones is 1. The van der Waals surface area contributed by atoms with E-state index in [4.69, 9.17) is 0 Å². The van der Waals surface area contributed by atoms with Crippen LogP contribution in [0.1, 0.15) is 31.8 Å². The number of aliphatic hydroxyl groups is 1. The van der Waals surface area contributed by atoms with Gasteiger partial charge in [-0.2, -0.15) is 0 Å². The molecule has 27 heavy (non-hydrogen) atoms. The summed E-state index contributed by atoms with van der Waals surface area (Å²) in [6.45, 7) is -0.163. The Morgan fingerprint density at radius 3 is 2.04 bits per heavy atom. The maximum absolute atomic E-state index is 12.6. The molecule has 0 saturated carbocycles. The highest BCUT2D eigenvalue weighted by Gasteiger charge is 2.16. The van der Waals surface area contributed by atoms with Gasteiger partial charge in [0.15, 0.2) is 5.78 Å². The summed E-state index contributed by atoms with van der Waals surface area (Å²) in [6.07, 6.45) is 0.533. The fraction of sp³-hybridized carbons (Fsp3) is 0.130. The molecule has 1 unspecified atom stereocenters. The molecule has 0 spiro atoms. The van der Waals surface area contributed by atoms with Gasteiger partial charge in [0.1, 0.15) is 0 Å². The van der Waals surface area contributed by atoms with Crippen LogP contribution >= 0.6 is 0 Å². The minimum atomic E-state index is -0.395. The quantitative estimate of drug-likeness (QED) is 0.637. The van der Waals surface area contributed by atoms with E-state index in [0.717, 1.165) is 5.56 Å². The molecule has 0 aliphatic rings. The van der Waals surface area contributed by atoms with E-state index in [0.29, 0.717) is 23.1 Å². The molecule has 4 nitrogen and oxygen atoms in total. The Morgan fingerprint density at radius 1 is 0.778 bits per heavy atom. The molecule has 4 heteroatoms. The van der Waals surface area contributed by atoms with Crippen molar-refractivity contribution < 1.29 is 14.7 Å². The molecular formula is C23H21NO3. The van der Waals surface area contributed by atoms with Gasteiger partial charge in [0.2, 0.25) is 0 Å². The fourth-order valence-electron chi connectivity index (χ4n) is 2.89. The van der Waals surface area contributed by atoms with Gasteiger partial charge in [-0.3, -0.25) is 9.59 Å². The van der Waals surface area contributed by atoms with Crippen LogP contribution in [0.2, 0.25) is 0 Å². The van der Waals surface area contributed by atoms with Crippen molar-refractivity contribution in [3.8, 4) is 0 Å². The minimum Gasteiger partial charge on any atom is -0.394 e. The van der Waals surface area contributed by atoms with Gasteiger partial charge in [0.05, 0.1) is 12.6 Å². The van der Waals surface area contributed by atoms with Crippen molar-refractivity contribution >= 4 is 11.7 Å². The number of carbonyl (C=O) groups is 2. The van der Waals surface area contributed by atoms with Crippen LogP contribution in [0.15, 0.2) is 84.9 Å². The molecule has 0 fully saturated rings. The Labute approximate surface area is 158 Å². The van der Waals surface area contributed by atoms with E-state index in [2.05, 4.69) is 5.32 Å². The van der Waals surface area contributed by atoms with Crippen molar-refractivity contribution in [2.45, 2.75) is 12.5 Å². The van der Waals surface area contributed by atoms with Gasteiger partial charge in [-0.05, 0) is 24.1 Å². The molecule has 0 aromatic heterocycles. The normalized spacial score (nSPS) is 11.6. The second kappa shape index (κ2) is 8.92. The Hall–Kier alpha value is -3.24. The fourth-order valence-corrected chi connectivity index (χ4v) is 2.89. The van der Waals surface area contributed by atoms with Crippen LogP contribution in [0.5, 0.6) is 0 Å². The van der Waals surface area contributed by atoms with Crippen LogP contribution in [0.3, 0.4) is 0 Å². The second-order valence-electron chi connectivity index (χ2n) is 6.32. The lowest BCUT2D eigenvalue weighted by molar-refractivity contribution is 0.0916. The van der Waals surface area contributed by atoms with E-state index in [1.54, 1.807) is 48.5 Å². The maximum atomic E-state index is 12.6. The van der Waals surface area contributed by atoms with E-state index < -0.39 is 6.04 Å². The molecule has 3 rings (SSSR count). The van der Waals surface area contributed by atoms with Gasteiger partial charge in [-0.15, -0.1) is 0 Å². The van der Waals surface area contributed by atoms with Gasteiger partial charge in [-0.1, -0.05) is 72.8 Å². The highest BCUT2D eigenvalue weighted by atomic mass is 16.3. The lowest BCUT2D eigenvalue weighted by Gasteiger charge is -2.16. The Balaban J connectivity index is 1.72. The van der Waals surface area contributed by atoms with Crippen LogP contribution in [0.25, 0.3) is 0 Å². The Morgan fingerprint density at radius 2 is 1.37 bits per heavy atom. The molecular weight excluding hydrogens is 338 g/mol. The van der Waals surface area contributed by atoms with Gasteiger partial charge in [0, 0.05) is 16.7 Å². The largest absolute Gasteiger partial charge is 0.394 e. The van der Waals surface area contributed by atoms with E-state index in [9.17, 15) is 14.7 Å². The van der Waals surface area contributed by atoms with E-state index in [1.165, 1.54) is 0 Å². The van der Waals surface area contributed by atoms with Gasteiger partial charge < -0.3 is 10.4 Å². The number of aliphatic hydroxyl groups excluding tert-OH is 1. The molecule has 0 bridgehead atoms. The summed E-state index contributed by atoms with van der Waals surface area (Å²) in [5.41, 5.74) is 2.46. The predicted molar refractivity (Wildman–Crippen MR) is 105 cm³/mol. The minimum absolute atomic E-state index is 0.131. The molecule has 0 aliphatic carbocycles. The zero-order chi connectivity index (χ0) is 19.1. The summed E-state index contributed by atoms with van der Waals surface area (Å²) in [7, 11) is 0. The third-order valence-corrected chi connectivity index (χ3v) is 4.30. The summed E-state index contributed by atoms with van der Waals surface area (Å²) in [5, 5.41) is 12.4. The van der Waals surface area contributed by atoms with E-state index >= 15 is 0 Å². The monoisotopic (exact) mass is 359 g/mol. The molecule has 2 N–H and O–H groups in total. The summed E-state index contributed by atoms with van der Waals surface area (Å²) in [4.78, 5) is 25.2. The van der Waals surface area contributed by atoms with E-state index in [-0.39, 0.29) is 18.3 Å². The van der Waals surface area contributed by atoms with E-state index in [1.807, 2.05) is 36.4 Å². The molecule has 0 saturated heterocycles. The lowest BCUT2D eigenvalue weighted by atomic mass is 10.0. The number of amides is 1. The van der Waals surface area contributed by atoms with Crippen LogP contribution in [-0.2, 0) is 6.42 Å². The first kappa shape index (κ1) is 18.5. The molecule has 1 amide bonds. The molecule has 0 aliphatic heterocycles. The topological polar surface area (TPSA) is 66.4 Å². The molecule has 3 aromatic carbocycles. The number of hydrogen-bond acceptors (Lipinski definition) is 3. The first-order valence-corrected chi connectivity index (χ1v) is 8.83. The first-order chi connectivity index (χ1) is 13.2. The van der Waals surface area contributed by atoms with Crippen LogP contribution in [0, 0.1) is 0 Å². The van der Waals surface area contributed by atoms with Gasteiger partial charge in [-0.25, -0.2) is 0 Å². The van der Waals surface area contributed by atoms with Crippen LogP contribution in [-0.4, -0.2) is 29.4 Å². The maximum Gasteiger partial charge on any atom is 0.251 e. The zero-order valence-electron chi connectivity index (χ0n) is 14.8. The SMILES string of the molecule is O=C(NC(CO)Cc1ccccc1)c1cccc(C(=O)c2ccccc2)c1. The smallest absolute Gasteiger partial charge is 0.251 e. The summed E-state index contributed by atoms with van der Waals surface area (Å²) in [6, 6.07) is 24.9. The summed E-state index contributed by atoms with van der Waals surface area (Å²) in [5.74, 6) is -0.444. The van der Waals surface area contributed by atoms with Crippen molar-refractivity contribution in [3.63, 3.8) is 0 Å². The van der Waals surface area contributed by atoms with Gasteiger partial charge in [0.25, 0.3) is 5.91 Å². The highest BCUT2D eigenvalue weighted by molar-refractivity contribution is 6.10. The third kappa shape index (κ3) is 4.90. The highest BCUT2D eigenvalue weighted by Crippen LogP contribution is 2.12. The first-order valence-electron chi connectivity index (χ1n) is 8.83. The number of carbonyl (C=O) groups excluding carboxylic acids is 2. The van der Waals surface area contributed by atoms with Crippen molar-refractivity contribution in [3.05, 3.63) is 107 Å². The second-order valence-corrected chi connectivity index (χ2v) is 6.32. The molecule has 1 atom stereocenters. The number of nitrogens with one attached hydrogen (secondary N) is 1. The Bertz CT molecular complexity index is 907. The van der Waals surface area contributed by atoms with Crippen molar-refractivity contribution in [2.75, 3.05) is 6.61 Å². The third-order valence-electron chi connectivity index (χ3n) is 4.30. The molecule has 0 heterocycles. The Kier molecular flexibility index (Phi) is 6.13. The van der Waals surface area contributed by atoms with Crippen molar-refractivity contribution in [1.29, 1.82) is 0 Å². The summed E-state index contributed by atoms with van der Waals surface area (Å²) < 4.78 is 0. The number of hydrogen-bond donors (Lipinski definition) is 2. The standard InChI is InChI=1S/C23H21NO3/c25-16-21(14-17-8-3-1-4-9-17)24-23(27)20-13-7-12-19(15-20)22(26)18-10-5-2-6-11-18/h1-13,15,21,25H,14,16H2,(H,24,27). The van der Waals surface area contributed by atoms with Crippen LogP contribution in [0.4, 0.5) is 0 Å². The van der Waals surface area contributed by atoms with Crippen molar-refractivity contribution in [1.82, 2.24) is 5.32 Å². The van der Waals surface area contributed by atoms with Crippen molar-refractivity contribution in [2.24, 2.45) is 0 Å². The van der Waals surface area contributed by atoms with Gasteiger partial charge >= 0.3 is 0 Å². The summed E-state index contributed by atoms with van der Waals surface area (Å²) >= 11 is 0. The zero-order valence-corrected chi connectivity index (χ0v) is 14.8. The lowest BCUT2D eigenvalue weighted by Crippen LogP contribution is -2.39. The molecule has 136 valence electrons. The average molecular weight is 359 g/mol. The average Bonchev–Trinajstić information content (AvgIpc) is 2.74. The molecule has 0 radical (unpaired) electrons. The van der Waals surface area contributed by atoms with Crippen LogP contribution < -0.4 is 5.32 Å². The predicted octanol–water partition coefficient (Wildman–Crippen LogP) is 3.25. The number of benzene rings is 3. The molecule has 3 aromatic rings. The number of rotatable bonds is 7.